The van der Waals surface area contributed by atoms with Crippen molar-refractivity contribution in [2.24, 2.45) is 0 Å². The van der Waals surface area contributed by atoms with E-state index in [1.54, 1.807) is 0 Å². The summed E-state index contributed by atoms with van der Waals surface area (Å²) >= 11 is 0. The van der Waals surface area contributed by atoms with Gasteiger partial charge in [0.15, 0.2) is 0 Å². The van der Waals surface area contributed by atoms with Gasteiger partial charge in [-0.25, -0.2) is 0 Å². The minimum atomic E-state index is 1.31. The highest BCUT2D eigenvalue weighted by Crippen LogP contribution is 2.21. The Balaban J connectivity index is 0.000000170. The minimum absolute atomic E-state index is 1.31. The van der Waals surface area contributed by atoms with E-state index in [2.05, 4.69) is 70.1 Å². The van der Waals surface area contributed by atoms with Gasteiger partial charge in [-0.1, -0.05) is 48.5 Å². The van der Waals surface area contributed by atoms with E-state index in [0.29, 0.717) is 0 Å². The van der Waals surface area contributed by atoms with Gasteiger partial charge in [0, 0.05) is 0 Å². The first-order chi connectivity index (χ1) is 9.93. The fraction of sp³-hybridized carbons (Fsp3) is 0. The Bertz CT molecular complexity index is 647. The van der Waals surface area contributed by atoms with E-state index in [9.17, 15) is 0 Å². The maximum atomic E-state index is 4.58. The Morgan fingerprint density at radius 1 is 0.450 bits per heavy atom. The quantitative estimate of drug-likeness (QED) is 0.532. The van der Waals surface area contributed by atoms with Crippen LogP contribution >= 0.6 is 0 Å². The molecule has 2 nitrogen and oxygen atoms in total. The molecule has 2 heteroatoms. The third-order valence-corrected chi connectivity index (χ3v) is 3.04. The molecule has 0 atom stereocenters. The predicted molar refractivity (Wildman–Crippen MR) is 81.9 cm³/mol. The third kappa shape index (κ3) is 2.81. The van der Waals surface area contributed by atoms with Gasteiger partial charge < -0.3 is 9.47 Å². The SMILES string of the molecule is C1=COC=CO1.c1ccc2cc3ccccc3cc2c1. The largest absolute Gasteiger partial charge is 0.466 e. The average molecular weight is 262 g/mol. The highest BCUT2D eigenvalue weighted by atomic mass is 16.5. The highest BCUT2D eigenvalue weighted by Gasteiger charge is 1.95. The second-order valence-corrected chi connectivity index (χ2v) is 4.36. The number of ether oxygens (including phenoxy) is 2. The molecular formula is C18H14O2. The summed E-state index contributed by atoms with van der Waals surface area (Å²) in [7, 11) is 0. The lowest BCUT2D eigenvalue weighted by Gasteiger charge is -2.00. The van der Waals surface area contributed by atoms with E-state index >= 15 is 0 Å². The summed E-state index contributed by atoms with van der Waals surface area (Å²) in [5.74, 6) is 0. The molecule has 1 aliphatic heterocycles. The fourth-order valence-corrected chi connectivity index (χ4v) is 2.10. The van der Waals surface area contributed by atoms with Gasteiger partial charge in [-0.3, -0.25) is 0 Å². The zero-order valence-corrected chi connectivity index (χ0v) is 10.9. The van der Waals surface area contributed by atoms with Gasteiger partial charge in [0.05, 0.1) is 0 Å². The standard InChI is InChI=1S/C14H10.C4H4O2/c1-2-6-12-10-14-8-4-3-7-13(14)9-11(12)5-1;1-2-6-4-3-5-1/h1-10H;1-4H. The molecule has 0 N–H and O–H groups in total. The molecule has 0 bridgehead atoms. The Hall–Kier alpha value is -2.74. The van der Waals surface area contributed by atoms with Crippen molar-refractivity contribution in [1.82, 2.24) is 0 Å². The van der Waals surface area contributed by atoms with Crippen LogP contribution in [0.3, 0.4) is 0 Å². The van der Waals surface area contributed by atoms with Crippen molar-refractivity contribution in [1.29, 1.82) is 0 Å². The molecule has 0 spiro atoms. The molecule has 0 radical (unpaired) electrons. The van der Waals surface area contributed by atoms with Crippen LogP contribution in [0.25, 0.3) is 21.5 Å². The Labute approximate surface area is 117 Å². The summed E-state index contributed by atoms with van der Waals surface area (Å²) < 4.78 is 9.17. The van der Waals surface area contributed by atoms with E-state index in [4.69, 9.17) is 0 Å². The number of benzene rings is 3. The zero-order chi connectivity index (χ0) is 13.6. The fourth-order valence-electron chi connectivity index (χ4n) is 2.10. The Morgan fingerprint density at radius 3 is 1.00 bits per heavy atom. The first kappa shape index (κ1) is 12.3. The molecule has 0 unspecified atom stereocenters. The van der Waals surface area contributed by atoms with Crippen molar-refractivity contribution < 1.29 is 9.47 Å². The molecule has 1 heterocycles. The summed E-state index contributed by atoms with van der Waals surface area (Å²) in [5, 5.41) is 5.25. The predicted octanol–water partition coefficient (Wildman–Crippen LogP) is 4.97. The second-order valence-electron chi connectivity index (χ2n) is 4.36. The van der Waals surface area contributed by atoms with Crippen molar-refractivity contribution in [2.45, 2.75) is 0 Å². The van der Waals surface area contributed by atoms with Crippen LogP contribution in [-0.2, 0) is 9.47 Å². The van der Waals surface area contributed by atoms with Gasteiger partial charge >= 0.3 is 0 Å². The maximum Gasteiger partial charge on any atom is 0.125 e. The summed E-state index contributed by atoms with van der Waals surface area (Å²) in [6.07, 6.45) is 5.83. The summed E-state index contributed by atoms with van der Waals surface area (Å²) in [6, 6.07) is 21.4. The molecule has 3 aromatic carbocycles. The number of rotatable bonds is 0. The van der Waals surface area contributed by atoms with Gasteiger partial charge in [-0.05, 0) is 33.7 Å². The van der Waals surface area contributed by atoms with Crippen molar-refractivity contribution in [2.75, 3.05) is 0 Å². The van der Waals surface area contributed by atoms with E-state index in [1.807, 2.05) is 0 Å². The Kier molecular flexibility index (Phi) is 3.65. The lowest BCUT2D eigenvalue weighted by atomic mass is 10.0. The molecule has 0 aliphatic carbocycles. The lowest BCUT2D eigenvalue weighted by molar-refractivity contribution is 0.290. The molecule has 0 saturated heterocycles. The van der Waals surface area contributed by atoms with Crippen LogP contribution in [0.2, 0.25) is 0 Å². The lowest BCUT2D eigenvalue weighted by Crippen LogP contribution is -1.74. The zero-order valence-electron chi connectivity index (χ0n) is 10.9. The number of hydrogen-bond donors (Lipinski definition) is 0. The third-order valence-electron chi connectivity index (χ3n) is 3.04. The number of hydrogen-bond acceptors (Lipinski definition) is 2. The van der Waals surface area contributed by atoms with Gasteiger partial charge in [0.25, 0.3) is 0 Å². The molecule has 0 saturated carbocycles. The van der Waals surface area contributed by atoms with Crippen molar-refractivity contribution in [3.05, 3.63) is 85.7 Å². The van der Waals surface area contributed by atoms with Crippen LogP contribution in [0, 0.1) is 0 Å². The van der Waals surface area contributed by atoms with E-state index in [1.165, 1.54) is 46.6 Å². The van der Waals surface area contributed by atoms with Gasteiger partial charge in [-0.2, -0.15) is 0 Å². The van der Waals surface area contributed by atoms with E-state index in [-0.39, 0.29) is 0 Å². The van der Waals surface area contributed by atoms with E-state index in [0.717, 1.165) is 0 Å². The monoisotopic (exact) mass is 262 g/mol. The van der Waals surface area contributed by atoms with Crippen LogP contribution in [0.15, 0.2) is 85.7 Å². The van der Waals surface area contributed by atoms with Gasteiger partial charge in [0.1, 0.15) is 25.0 Å². The van der Waals surface area contributed by atoms with Crippen molar-refractivity contribution >= 4 is 21.5 Å². The average Bonchev–Trinajstić information content (AvgIpc) is 2.55. The second kappa shape index (κ2) is 5.93. The summed E-state index contributed by atoms with van der Waals surface area (Å²) in [6.45, 7) is 0. The molecule has 0 aromatic heterocycles. The molecular weight excluding hydrogens is 248 g/mol. The Morgan fingerprint density at radius 2 is 0.750 bits per heavy atom. The van der Waals surface area contributed by atoms with Crippen molar-refractivity contribution in [3.63, 3.8) is 0 Å². The molecule has 20 heavy (non-hydrogen) atoms. The van der Waals surface area contributed by atoms with Gasteiger partial charge in [0.2, 0.25) is 0 Å². The smallest absolute Gasteiger partial charge is 0.125 e. The highest BCUT2D eigenvalue weighted by molar-refractivity contribution is 5.98. The molecule has 3 aromatic rings. The molecule has 4 rings (SSSR count). The van der Waals surface area contributed by atoms with Crippen LogP contribution in [0.1, 0.15) is 0 Å². The van der Waals surface area contributed by atoms with Gasteiger partial charge in [-0.15, -0.1) is 0 Å². The summed E-state index contributed by atoms with van der Waals surface area (Å²) in [4.78, 5) is 0. The normalized spacial score (nSPS) is 12.4. The van der Waals surface area contributed by atoms with Crippen LogP contribution in [0.5, 0.6) is 0 Å². The first-order valence-corrected chi connectivity index (χ1v) is 6.42. The number of fused-ring (bicyclic) bond motifs is 2. The van der Waals surface area contributed by atoms with Crippen LogP contribution in [0.4, 0.5) is 0 Å². The molecule has 98 valence electrons. The molecule has 0 fully saturated rings. The van der Waals surface area contributed by atoms with E-state index < -0.39 is 0 Å². The van der Waals surface area contributed by atoms with Crippen molar-refractivity contribution in [3.8, 4) is 0 Å². The first-order valence-electron chi connectivity index (χ1n) is 6.42. The minimum Gasteiger partial charge on any atom is -0.466 e. The maximum absolute atomic E-state index is 4.58. The molecule has 1 aliphatic rings. The summed E-state index contributed by atoms with van der Waals surface area (Å²) in [5.41, 5.74) is 0. The van der Waals surface area contributed by atoms with Crippen LogP contribution in [-0.4, -0.2) is 0 Å². The topological polar surface area (TPSA) is 18.5 Å². The molecule has 0 amide bonds. The van der Waals surface area contributed by atoms with Crippen LogP contribution < -0.4 is 0 Å².